The highest BCUT2D eigenvalue weighted by Gasteiger charge is 2.29. The van der Waals surface area contributed by atoms with Crippen LogP contribution in [0.25, 0.3) is 0 Å². The number of methoxy groups -OCH3 is 1. The van der Waals surface area contributed by atoms with Gasteiger partial charge in [-0.3, -0.25) is 9.69 Å². The summed E-state index contributed by atoms with van der Waals surface area (Å²) in [5, 5.41) is 9.85. The van der Waals surface area contributed by atoms with E-state index in [9.17, 15) is 9.90 Å². The molecule has 6 heteroatoms. The number of nitrogens with zero attached hydrogens (tertiary/aromatic N) is 2. The molecule has 0 aromatic heterocycles. The van der Waals surface area contributed by atoms with Gasteiger partial charge in [0.15, 0.2) is 0 Å². The summed E-state index contributed by atoms with van der Waals surface area (Å²) < 4.78 is 5.22. The fourth-order valence-corrected chi connectivity index (χ4v) is 4.57. The van der Waals surface area contributed by atoms with Crippen LogP contribution in [-0.4, -0.2) is 72.0 Å². The standard InChI is InChI=1S/C19H28N2O3S/c1-24-17-5-2-6-18(12-17)25-14-19(23)20-10-7-15(8-11-20)21-9-3-4-16(22)13-21/h2,5-6,12,15-16,22H,3-4,7-11,13-14H2,1H3/t16-/m0/s1. The maximum atomic E-state index is 12.5. The Morgan fingerprint density at radius 3 is 2.80 bits per heavy atom. The number of likely N-dealkylation sites (tertiary alicyclic amines) is 2. The number of aliphatic hydroxyl groups excluding tert-OH is 1. The lowest BCUT2D eigenvalue weighted by Gasteiger charge is -2.41. The largest absolute Gasteiger partial charge is 0.497 e. The highest BCUT2D eigenvalue weighted by molar-refractivity contribution is 8.00. The highest BCUT2D eigenvalue weighted by Crippen LogP contribution is 2.25. The zero-order chi connectivity index (χ0) is 17.6. The van der Waals surface area contributed by atoms with E-state index in [0.717, 1.165) is 62.5 Å². The summed E-state index contributed by atoms with van der Waals surface area (Å²) in [4.78, 5) is 17.9. The monoisotopic (exact) mass is 364 g/mol. The Bertz CT molecular complexity index is 576. The van der Waals surface area contributed by atoms with Crippen molar-refractivity contribution in [3.05, 3.63) is 24.3 Å². The molecule has 2 aliphatic heterocycles. The van der Waals surface area contributed by atoms with Gasteiger partial charge in [-0.2, -0.15) is 0 Å². The van der Waals surface area contributed by atoms with E-state index < -0.39 is 0 Å². The van der Waals surface area contributed by atoms with E-state index in [-0.39, 0.29) is 12.0 Å². The molecule has 1 aromatic rings. The molecule has 2 aliphatic rings. The Labute approximate surface area is 154 Å². The van der Waals surface area contributed by atoms with Crippen LogP contribution in [0, 0.1) is 0 Å². The maximum absolute atomic E-state index is 12.5. The molecule has 1 amide bonds. The number of ether oxygens (including phenoxy) is 1. The summed E-state index contributed by atoms with van der Waals surface area (Å²) in [6.07, 6.45) is 3.87. The molecule has 25 heavy (non-hydrogen) atoms. The highest BCUT2D eigenvalue weighted by atomic mass is 32.2. The number of hydrogen-bond acceptors (Lipinski definition) is 5. The van der Waals surface area contributed by atoms with Gasteiger partial charge in [0.05, 0.1) is 19.0 Å². The Morgan fingerprint density at radius 2 is 2.08 bits per heavy atom. The summed E-state index contributed by atoms with van der Waals surface area (Å²) in [5.74, 6) is 1.51. The molecule has 2 heterocycles. The first-order valence-electron chi connectivity index (χ1n) is 9.12. The lowest BCUT2D eigenvalue weighted by molar-refractivity contribution is -0.130. The van der Waals surface area contributed by atoms with Crippen LogP contribution in [0.1, 0.15) is 25.7 Å². The first-order chi connectivity index (χ1) is 12.2. The molecular formula is C19H28N2O3S. The second kappa shape index (κ2) is 8.92. The summed E-state index contributed by atoms with van der Waals surface area (Å²) in [5.41, 5.74) is 0. The van der Waals surface area contributed by atoms with Crippen molar-refractivity contribution in [1.29, 1.82) is 0 Å². The fourth-order valence-electron chi connectivity index (χ4n) is 3.72. The van der Waals surface area contributed by atoms with Gasteiger partial charge < -0.3 is 14.7 Å². The second-order valence-electron chi connectivity index (χ2n) is 6.87. The molecule has 0 spiro atoms. The van der Waals surface area contributed by atoms with Gasteiger partial charge in [-0.25, -0.2) is 0 Å². The molecule has 1 aromatic carbocycles. The smallest absolute Gasteiger partial charge is 0.232 e. The molecule has 0 unspecified atom stereocenters. The van der Waals surface area contributed by atoms with Gasteiger partial charge in [0, 0.05) is 30.6 Å². The van der Waals surface area contributed by atoms with Gasteiger partial charge in [-0.05, 0) is 50.4 Å². The van der Waals surface area contributed by atoms with Crippen LogP contribution >= 0.6 is 11.8 Å². The van der Waals surface area contributed by atoms with Crippen LogP contribution in [-0.2, 0) is 4.79 Å². The Balaban J connectivity index is 1.43. The van der Waals surface area contributed by atoms with Crippen LogP contribution in [0.5, 0.6) is 5.75 Å². The van der Waals surface area contributed by atoms with Gasteiger partial charge in [-0.1, -0.05) is 6.07 Å². The quantitative estimate of drug-likeness (QED) is 0.812. The molecule has 0 radical (unpaired) electrons. The van der Waals surface area contributed by atoms with E-state index >= 15 is 0 Å². The minimum atomic E-state index is -0.173. The van der Waals surface area contributed by atoms with Crippen molar-refractivity contribution in [2.45, 2.75) is 42.7 Å². The Morgan fingerprint density at radius 1 is 1.28 bits per heavy atom. The van der Waals surface area contributed by atoms with Gasteiger partial charge in [0.1, 0.15) is 5.75 Å². The molecule has 2 saturated heterocycles. The molecule has 138 valence electrons. The zero-order valence-electron chi connectivity index (χ0n) is 14.9. The van der Waals surface area contributed by atoms with Crippen molar-refractivity contribution in [2.75, 3.05) is 39.0 Å². The van der Waals surface area contributed by atoms with Crippen LogP contribution < -0.4 is 4.74 Å². The van der Waals surface area contributed by atoms with E-state index in [1.807, 2.05) is 29.2 Å². The first kappa shape index (κ1) is 18.5. The number of rotatable bonds is 5. The summed E-state index contributed by atoms with van der Waals surface area (Å²) >= 11 is 1.57. The lowest BCUT2D eigenvalue weighted by Crippen LogP contribution is -2.50. The number of carbonyl (C=O) groups excluding carboxylic acids is 1. The van der Waals surface area contributed by atoms with Crippen molar-refractivity contribution in [2.24, 2.45) is 0 Å². The predicted octanol–water partition coefficient (Wildman–Crippen LogP) is 2.24. The van der Waals surface area contributed by atoms with Crippen molar-refractivity contribution in [1.82, 2.24) is 9.80 Å². The number of thioether (sulfide) groups is 1. The third kappa shape index (κ3) is 5.12. The first-order valence-corrected chi connectivity index (χ1v) is 10.1. The van der Waals surface area contributed by atoms with Gasteiger partial charge in [0.2, 0.25) is 5.91 Å². The van der Waals surface area contributed by atoms with Crippen LogP contribution in [0.2, 0.25) is 0 Å². The Kier molecular flexibility index (Phi) is 6.62. The van der Waals surface area contributed by atoms with E-state index in [2.05, 4.69) is 4.90 Å². The van der Waals surface area contributed by atoms with E-state index in [1.54, 1.807) is 18.9 Å². The molecule has 1 N–H and O–H groups in total. The van der Waals surface area contributed by atoms with Crippen molar-refractivity contribution in [3.63, 3.8) is 0 Å². The average Bonchev–Trinajstić information content (AvgIpc) is 2.66. The van der Waals surface area contributed by atoms with E-state index in [4.69, 9.17) is 4.74 Å². The minimum Gasteiger partial charge on any atom is -0.497 e. The third-order valence-corrected chi connectivity index (χ3v) is 6.14. The minimum absolute atomic E-state index is 0.173. The van der Waals surface area contributed by atoms with Gasteiger partial charge in [-0.15, -0.1) is 11.8 Å². The van der Waals surface area contributed by atoms with Crippen molar-refractivity contribution in [3.8, 4) is 5.75 Å². The van der Waals surface area contributed by atoms with E-state index in [0.29, 0.717) is 11.8 Å². The molecular weight excluding hydrogens is 336 g/mol. The average molecular weight is 365 g/mol. The van der Waals surface area contributed by atoms with Crippen molar-refractivity contribution < 1.29 is 14.6 Å². The summed E-state index contributed by atoms with van der Waals surface area (Å²) in [6, 6.07) is 8.35. The van der Waals surface area contributed by atoms with Crippen LogP contribution in [0.3, 0.4) is 0 Å². The van der Waals surface area contributed by atoms with Crippen molar-refractivity contribution >= 4 is 17.7 Å². The molecule has 3 rings (SSSR count). The summed E-state index contributed by atoms with van der Waals surface area (Å²) in [6.45, 7) is 3.54. The SMILES string of the molecule is COc1cccc(SCC(=O)N2CCC(N3CCC[C@H](O)C3)CC2)c1. The molecule has 2 fully saturated rings. The normalized spacial score (nSPS) is 22.8. The van der Waals surface area contributed by atoms with Crippen LogP contribution in [0.4, 0.5) is 0 Å². The topological polar surface area (TPSA) is 53.0 Å². The maximum Gasteiger partial charge on any atom is 0.232 e. The second-order valence-corrected chi connectivity index (χ2v) is 7.92. The Hall–Kier alpha value is -1.24. The molecule has 5 nitrogen and oxygen atoms in total. The molecule has 0 bridgehead atoms. The number of hydrogen-bond donors (Lipinski definition) is 1. The zero-order valence-corrected chi connectivity index (χ0v) is 15.7. The summed E-state index contributed by atoms with van der Waals surface area (Å²) in [7, 11) is 1.65. The van der Waals surface area contributed by atoms with E-state index in [1.165, 1.54) is 0 Å². The molecule has 0 aliphatic carbocycles. The number of β-amino-alcohol motifs (C(OH)–C–C–N with tert-alkyl or cyclic N) is 1. The third-order valence-electron chi connectivity index (χ3n) is 5.17. The van der Waals surface area contributed by atoms with Gasteiger partial charge in [0.25, 0.3) is 0 Å². The molecule has 0 saturated carbocycles. The number of carbonyl (C=O) groups is 1. The number of piperidine rings is 2. The number of benzene rings is 1. The van der Waals surface area contributed by atoms with Crippen LogP contribution in [0.15, 0.2) is 29.2 Å². The number of amides is 1. The lowest BCUT2D eigenvalue weighted by atomic mass is 9.99. The number of aliphatic hydroxyl groups is 1. The molecule has 1 atom stereocenters. The fraction of sp³-hybridized carbons (Fsp3) is 0.632. The van der Waals surface area contributed by atoms with Gasteiger partial charge >= 0.3 is 0 Å². The predicted molar refractivity (Wildman–Crippen MR) is 100 cm³/mol.